The number of fused-ring (bicyclic) bond motifs is 1. The summed E-state index contributed by atoms with van der Waals surface area (Å²) in [5.41, 5.74) is 10.1. The zero-order valence-electron chi connectivity index (χ0n) is 13.7. The van der Waals surface area contributed by atoms with E-state index < -0.39 is 0 Å². The lowest BCUT2D eigenvalue weighted by molar-refractivity contribution is 0.332. The molecule has 0 saturated heterocycles. The van der Waals surface area contributed by atoms with Gasteiger partial charge in [-0.25, -0.2) is 4.98 Å². The predicted octanol–water partition coefficient (Wildman–Crippen LogP) is 4.16. The maximum Gasteiger partial charge on any atom is 0.114 e. The maximum absolute atomic E-state index is 6.10. The van der Waals surface area contributed by atoms with Gasteiger partial charge in [0.05, 0.1) is 11.0 Å². The molecular formula is C18H27N3. The molecule has 1 fully saturated rings. The molecule has 1 atom stereocenters. The Balaban J connectivity index is 2.09. The Morgan fingerprint density at radius 3 is 2.62 bits per heavy atom. The molecule has 3 rings (SSSR count). The van der Waals surface area contributed by atoms with E-state index in [1.165, 1.54) is 29.7 Å². The molecule has 0 radical (unpaired) electrons. The Kier molecular flexibility index (Phi) is 3.56. The molecule has 2 N–H and O–H groups in total. The van der Waals surface area contributed by atoms with Gasteiger partial charge in [0.2, 0.25) is 0 Å². The van der Waals surface area contributed by atoms with Crippen LogP contribution in [0.15, 0.2) is 18.2 Å². The summed E-state index contributed by atoms with van der Waals surface area (Å²) in [7, 11) is 0. The Hall–Kier alpha value is -1.35. The lowest BCUT2D eigenvalue weighted by atomic mass is 9.84. The third-order valence-corrected chi connectivity index (χ3v) is 4.29. The monoisotopic (exact) mass is 285 g/mol. The summed E-state index contributed by atoms with van der Waals surface area (Å²) < 4.78 is 2.47. The number of aromatic nitrogens is 2. The summed E-state index contributed by atoms with van der Waals surface area (Å²) in [5.74, 6) is 1.55. The highest BCUT2D eigenvalue weighted by Gasteiger charge is 2.32. The van der Waals surface area contributed by atoms with E-state index in [1.54, 1.807) is 0 Å². The molecule has 1 heterocycles. The van der Waals surface area contributed by atoms with Crippen LogP contribution in [0.4, 0.5) is 0 Å². The molecule has 114 valence electrons. The van der Waals surface area contributed by atoms with Gasteiger partial charge in [0.15, 0.2) is 0 Å². The third kappa shape index (κ3) is 2.98. The lowest BCUT2D eigenvalue weighted by Gasteiger charge is -2.25. The highest BCUT2D eigenvalue weighted by Crippen LogP contribution is 2.42. The maximum atomic E-state index is 6.10. The molecule has 1 aromatic heterocycles. The van der Waals surface area contributed by atoms with Gasteiger partial charge in [-0.3, -0.25) is 0 Å². The highest BCUT2D eigenvalue weighted by atomic mass is 15.1. The molecular weight excluding hydrogens is 258 g/mol. The minimum Gasteiger partial charge on any atom is -0.330 e. The van der Waals surface area contributed by atoms with Gasteiger partial charge in [-0.15, -0.1) is 0 Å². The van der Waals surface area contributed by atoms with E-state index in [0.29, 0.717) is 18.5 Å². The van der Waals surface area contributed by atoms with Crippen LogP contribution in [-0.2, 0) is 0 Å². The van der Waals surface area contributed by atoms with Crippen LogP contribution in [0.25, 0.3) is 11.0 Å². The molecule has 3 nitrogen and oxygen atoms in total. The molecule has 1 unspecified atom stereocenters. The van der Waals surface area contributed by atoms with Gasteiger partial charge in [-0.1, -0.05) is 26.8 Å². The van der Waals surface area contributed by atoms with Gasteiger partial charge in [0.25, 0.3) is 0 Å². The van der Waals surface area contributed by atoms with Crippen molar-refractivity contribution in [3.63, 3.8) is 0 Å². The summed E-state index contributed by atoms with van der Waals surface area (Å²) in [6, 6.07) is 7.25. The first-order chi connectivity index (χ1) is 9.89. The van der Waals surface area contributed by atoms with Crippen molar-refractivity contribution in [3.8, 4) is 0 Å². The van der Waals surface area contributed by atoms with Crippen molar-refractivity contribution in [1.29, 1.82) is 0 Å². The lowest BCUT2D eigenvalue weighted by Crippen LogP contribution is -2.22. The fraction of sp³-hybridized carbons (Fsp3) is 0.611. The van der Waals surface area contributed by atoms with Crippen LogP contribution >= 0.6 is 0 Å². The number of imidazole rings is 1. The summed E-state index contributed by atoms with van der Waals surface area (Å²) in [6.07, 6.45) is 3.64. The van der Waals surface area contributed by atoms with Gasteiger partial charge in [-0.05, 0) is 49.3 Å². The second-order valence-corrected chi connectivity index (χ2v) is 7.76. The van der Waals surface area contributed by atoms with Crippen LogP contribution in [0, 0.1) is 12.3 Å². The summed E-state index contributed by atoms with van der Waals surface area (Å²) in [5, 5.41) is 0. The SMILES string of the molecule is Cc1ccc2c(c1)nc(C(CN)CC(C)(C)C)n2C1CC1. The Bertz CT molecular complexity index is 644. The number of nitrogens with two attached hydrogens (primary N) is 1. The largest absolute Gasteiger partial charge is 0.330 e. The molecule has 21 heavy (non-hydrogen) atoms. The normalized spacial score (nSPS) is 17.4. The Morgan fingerprint density at radius 2 is 2.05 bits per heavy atom. The number of nitrogens with zero attached hydrogens (tertiary/aromatic N) is 2. The second kappa shape index (κ2) is 5.13. The quantitative estimate of drug-likeness (QED) is 0.916. The predicted molar refractivity (Wildman–Crippen MR) is 88.6 cm³/mol. The number of rotatable bonds is 4. The molecule has 1 aliphatic rings. The molecule has 1 saturated carbocycles. The minimum atomic E-state index is 0.270. The number of hydrogen-bond donors (Lipinski definition) is 1. The van der Waals surface area contributed by atoms with Crippen molar-refractivity contribution >= 4 is 11.0 Å². The smallest absolute Gasteiger partial charge is 0.114 e. The van der Waals surface area contributed by atoms with Crippen LogP contribution in [0.1, 0.15) is 63.4 Å². The Morgan fingerprint density at radius 1 is 1.33 bits per heavy atom. The van der Waals surface area contributed by atoms with Crippen LogP contribution in [0.3, 0.4) is 0 Å². The summed E-state index contributed by atoms with van der Waals surface area (Å²) >= 11 is 0. The van der Waals surface area contributed by atoms with Crippen molar-refractivity contribution in [1.82, 2.24) is 9.55 Å². The fourth-order valence-electron chi connectivity index (χ4n) is 3.25. The number of hydrogen-bond acceptors (Lipinski definition) is 2. The van der Waals surface area contributed by atoms with Gasteiger partial charge >= 0.3 is 0 Å². The number of benzene rings is 1. The zero-order chi connectivity index (χ0) is 15.2. The zero-order valence-corrected chi connectivity index (χ0v) is 13.7. The van der Waals surface area contributed by atoms with Crippen molar-refractivity contribution in [2.24, 2.45) is 11.1 Å². The summed E-state index contributed by atoms with van der Waals surface area (Å²) in [4.78, 5) is 4.97. The molecule has 0 amide bonds. The van der Waals surface area contributed by atoms with E-state index in [0.717, 1.165) is 11.9 Å². The molecule has 3 heteroatoms. The van der Waals surface area contributed by atoms with Crippen molar-refractivity contribution in [2.45, 2.75) is 58.9 Å². The van der Waals surface area contributed by atoms with E-state index >= 15 is 0 Å². The van der Waals surface area contributed by atoms with E-state index in [2.05, 4.69) is 50.5 Å². The third-order valence-electron chi connectivity index (χ3n) is 4.29. The molecule has 0 bridgehead atoms. The van der Waals surface area contributed by atoms with E-state index in [4.69, 9.17) is 10.7 Å². The van der Waals surface area contributed by atoms with Crippen LogP contribution in [-0.4, -0.2) is 16.1 Å². The fourth-order valence-corrected chi connectivity index (χ4v) is 3.25. The Labute approximate surface area is 127 Å². The van der Waals surface area contributed by atoms with Crippen molar-refractivity contribution < 1.29 is 0 Å². The molecule has 2 aromatic rings. The van der Waals surface area contributed by atoms with E-state index in [9.17, 15) is 0 Å². The second-order valence-electron chi connectivity index (χ2n) is 7.76. The van der Waals surface area contributed by atoms with Gasteiger partial charge < -0.3 is 10.3 Å². The van der Waals surface area contributed by atoms with E-state index in [1.807, 2.05) is 0 Å². The average molecular weight is 285 g/mol. The molecule has 0 spiro atoms. The average Bonchev–Trinajstić information content (AvgIpc) is 3.16. The number of aryl methyl sites for hydroxylation is 1. The van der Waals surface area contributed by atoms with Crippen molar-refractivity contribution in [3.05, 3.63) is 29.6 Å². The van der Waals surface area contributed by atoms with Crippen molar-refractivity contribution in [2.75, 3.05) is 6.54 Å². The molecule has 1 aliphatic carbocycles. The van der Waals surface area contributed by atoms with Crippen LogP contribution in [0.2, 0.25) is 0 Å². The first-order valence-corrected chi connectivity index (χ1v) is 8.07. The molecule has 1 aromatic carbocycles. The molecule has 0 aliphatic heterocycles. The topological polar surface area (TPSA) is 43.8 Å². The summed E-state index contributed by atoms with van der Waals surface area (Å²) in [6.45, 7) is 9.65. The highest BCUT2D eigenvalue weighted by molar-refractivity contribution is 5.77. The van der Waals surface area contributed by atoms with Crippen LogP contribution < -0.4 is 5.73 Å². The standard InChI is InChI=1S/C18H27N3/c1-12-5-8-16-15(9-12)20-17(21(16)14-6-7-14)13(11-19)10-18(2,3)4/h5,8-9,13-14H,6-7,10-11,19H2,1-4H3. The van der Waals surface area contributed by atoms with Gasteiger partial charge in [0, 0.05) is 18.5 Å². The minimum absolute atomic E-state index is 0.270. The van der Waals surface area contributed by atoms with Gasteiger partial charge in [0.1, 0.15) is 5.82 Å². The van der Waals surface area contributed by atoms with E-state index in [-0.39, 0.29) is 5.41 Å². The first-order valence-electron chi connectivity index (χ1n) is 8.07. The first kappa shape index (κ1) is 14.6. The van der Waals surface area contributed by atoms with Crippen LogP contribution in [0.5, 0.6) is 0 Å². The van der Waals surface area contributed by atoms with Gasteiger partial charge in [-0.2, -0.15) is 0 Å².